The predicted molar refractivity (Wildman–Crippen MR) is 101 cm³/mol. The molecule has 7 heteroatoms. The third kappa shape index (κ3) is 4.49. The normalized spacial score (nSPS) is 13.0. The first-order chi connectivity index (χ1) is 13.1. The zero-order chi connectivity index (χ0) is 19.2. The van der Waals surface area contributed by atoms with Gasteiger partial charge in [0.25, 0.3) is 0 Å². The minimum Gasteiger partial charge on any atom is -0.496 e. The molecule has 7 nitrogen and oxygen atoms in total. The highest BCUT2D eigenvalue weighted by molar-refractivity contribution is 5.81. The molecule has 0 saturated heterocycles. The van der Waals surface area contributed by atoms with E-state index in [1.54, 1.807) is 7.11 Å². The Bertz CT molecular complexity index is 881. The topological polar surface area (TPSA) is 81.9 Å². The molecule has 3 aromatic rings. The molecule has 2 aromatic carbocycles. The molecular formula is C20H23N5O2. The number of carbonyl (C=O) groups excluding carboxylic acids is 1. The highest BCUT2D eigenvalue weighted by atomic mass is 16.5. The van der Waals surface area contributed by atoms with E-state index in [0.29, 0.717) is 6.42 Å². The van der Waals surface area contributed by atoms with Crippen molar-refractivity contribution in [3.8, 4) is 5.75 Å². The van der Waals surface area contributed by atoms with E-state index in [-0.39, 0.29) is 11.9 Å². The summed E-state index contributed by atoms with van der Waals surface area (Å²) in [6.07, 6.45) is 1.96. The van der Waals surface area contributed by atoms with Crippen LogP contribution >= 0.6 is 0 Å². The molecule has 0 aliphatic heterocycles. The molecule has 0 aliphatic carbocycles. The second kappa shape index (κ2) is 8.44. The van der Waals surface area contributed by atoms with E-state index in [1.165, 1.54) is 11.0 Å². The van der Waals surface area contributed by atoms with Gasteiger partial charge in [-0.25, -0.2) is 4.68 Å². The van der Waals surface area contributed by atoms with Crippen molar-refractivity contribution in [3.63, 3.8) is 0 Å². The molecule has 0 unspecified atom stereocenters. The van der Waals surface area contributed by atoms with Gasteiger partial charge in [0, 0.05) is 12.0 Å². The SMILES string of the molecule is COc1ccc(C)cc1[C@@H](C)NC(=O)[C@H](Cc1ccccc1)n1cnnn1. The molecule has 0 aliphatic rings. The van der Waals surface area contributed by atoms with Gasteiger partial charge in [0.2, 0.25) is 5.91 Å². The monoisotopic (exact) mass is 365 g/mol. The van der Waals surface area contributed by atoms with Crippen molar-refractivity contribution in [1.29, 1.82) is 0 Å². The number of hydrogen-bond donors (Lipinski definition) is 1. The van der Waals surface area contributed by atoms with Gasteiger partial charge in [0.05, 0.1) is 13.2 Å². The molecule has 0 radical (unpaired) electrons. The van der Waals surface area contributed by atoms with Crippen molar-refractivity contribution in [2.45, 2.75) is 32.4 Å². The first-order valence-corrected chi connectivity index (χ1v) is 8.79. The second-order valence-electron chi connectivity index (χ2n) is 6.47. The number of tetrazole rings is 1. The third-order valence-corrected chi connectivity index (χ3v) is 4.47. The van der Waals surface area contributed by atoms with Gasteiger partial charge in [-0.3, -0.25) is 4.79 Å². The van der Waals surface area contributed by atoms with E-state index >= 15 is 0 Å². The number of amides is 1. The summed E-state index contributed by atoms with van der Waals surface area (Å²) in [7, 11) is 1.63. The summed E-state index contributed by atoms with van der Waals surface area (Å²) in [5, 5.41) is 14.4. The number of aryl methyl sites for hydroxylation is 1. The molecular weight excluding hydrogens is 342 g/mol. The number of ether oxygens (including phenoxy) is 1. The summed E-state index contributed by atoms with van der Waals surface area (Å²) in [6.45, 7) is 3.95. The van der Waals surface area contributed by atoms with Gasteiger partial charge < -0.3 is 10.1 Å². The number of hydrogen-bond acceptors (Lipinski definition) is 5. The molecule has 1 N–H and O–H groups in total. The molecule has 2 atom stereocenters. The van der Waals surface area contributed by atoms with Gasteiger partial charge in [-0.15, -0.1) is 5.10 Å². The van der Waals surface area contributed by atoms with Gasteiger partial charge >= 0.3 is 0 Å². The number of aromatic nitrogens is 4. The van der Waals surface area contributed by atoms with Crippen LogP contribution in [0.1, 0.15) is 35.7 Å². The molecule has 0 fully saturated rings. The van der Waals surface area contributed by atoms with Crippen LogP contribution in [0.2, 0.25) is 0 Å². The maximum atomic E-state index is 13.0. The smallest absolute Gasteiger partial charge is 0.245 e. The first kappa shape index (κ1) is 18.6. The molecule has 0 spiro atoms. The maximum Gasteiger partial charge on any atom is 0.245 e. The van der Waals surface area contributed by atoms with E-state index in [1.807, 2.05) is 62.4 Å². The van der Waals surface area contributed by atoms with E-state index in [0.717, 1.165) is 22.4 Å². The number of rotatable bonds is 7. The average Bonchev–Trinajstić information content (AvgIpc) is 3.21. The summed E-state index contributed by atoms with van der Waals surface area (Å²) in [5.41, 5.74) is 3.07. The van der Waals surface area contributed by atoms with Crippen molar-refractivity contribution in [2.24, 2.45) is 0 Å². The van der Waals surface area contributed by atoms with E-state index in [2.05, 4.69) is 20.8 Å². The first-order valence-electron chi connectivity index (χ1n) is 8.79. The summed E-state index contributed by atoms with van der Waals surface area (Å²) in [5.74, 6) is 0.595. The van der Waals surface area contributed by atoms with Crippen molar-refractivity contribution >= 4 is 5.91 Å². The molecule has 3 rings (SSSR count). The fourth-order valence-electron chi connectivity index (χ4n) is 3.03. The molecule has 1 amide bonds. The number of benzene rings is 2. The lowest BCUT2D eigenvalue weighted by atomic mass is 10.0. The Kier molecular flexibility index (Phi) is 5.80. The maximum absolute atomic E-state index is 13.0. The van der Waals surface area contributed by atoms with Crippen LogP contribution in [0.15, 0.2) is 54.9 Å². The molecule has 27 heavy (non-hydrogen) atoms. The number of nitrogens with one attached hydrogen (secondary N) is 1. The average molecular weight is 365 g/mol. The molecule has 0 saturated carbocycles. The quantitative estimate of drug-likeness (QED) is 0.696. The van der Waals surface area contributed by atoms with Crippen LogP contribution in [0, 0.1) is 6.92 Å². The van der Waals surface area contributed by atoms with Crippen molar-refractivity contribution in [1.82, 2.24) is 25.5 Å². The Morgan fingerprint density at radius 1 is 1.22 bits per heavy atom. The van der Waals surface area contributed by atoms with Crippen LogP contribution in [0.25, 0.3) is 0 Å². The van der Waals surface area contributed by atoms with Crippen molar-refractivity contribution in [2.75, 3.05) is 7.11 Å². The fourth-order valence-corrected chi connectivity index (χ4v) is 3.03. The van der Waals surface area contributed by atoms with Gasteiger partial charge in [0.1, 0.15) is 18.1 Å². The zero-order valence-electron chi connectivity index (χ0n) is 15.7. The number of nitrogens with zero attached hydrogens (tertiary/aromatic N) is 4. The Morgan fingerprint density at radius 3 is 2.67 bits per heavy atom. The summed E-state index contributed by atoms with van der Waals surface area (Å²) in [6, 6.07) is 15.0. The van der Waals surface area contributed by atoms with E-state index < -0.39 is 6.04 Å². The lowest BCUT2D eigenvalue weighted by molar-refractivity contribution is -0.125. The van der Waals surface area contributed by atoms with Crippen LogP contribution in [-0.4, -0.2) is 33.2 Å². The Labute approximate surface area is 158 Å². The number of methoxy groups -OCH3 is 1. The lowest BCUT2D eigenvalue weighted by Crippen LogP contribution is -2.36. The van der Waals surface area contributed by atoms with Gasteiger partial charge in [-0.2, -0.15) is 0 Å². The minimum atomic E-state index is -0.541. The fraction of sp³-hybridized carbons (Fsp3) is 0.300. The van der Waals surface area contributed by atoms with Crippen molar-refractivity contribution in [3.05, 3.63) is 71.5 Å². The molecule has 0 bridgehead atoms. The standard InChI is InChI=1S/C20H23N5O2/c1-14-9-10-19(27-3)17(11-14)15(2)22-20(26)18(25-13-21-23-24-25)12-16-7-5-4-6-8-16/h4-11,13,15,18H,12H2,1-3H3,(H,22,26)/t15-,18+/m1/s1. The second-order valence-corrected chi connectivity index (χ2v) is 6.47. The van der Waals surface area contributed by atoms with Crippen LogP contribution in [0.5, 0.6) is 5.75 Å². The summed E-state index contributed by atoms with van der Waals surface area (Å²) < 4.78 is 6.93. The van der Waals surface area contributed by atoms with Gasteiger partial charge in [-0.1, -0.05) is 48.0 Å². The Morgan fingerprint density at radius 2 is 2.00 bits per heavy atom. The third-order valence-electron chi connectivity index (χ3n) is 4.47. The van der Waals surface area contributed by atoms with E-state index in [9.17, 15) is 4.79 Å². The molecule has 140 valence electrons. The largest absolute Gasteiger partial charge is 0.496 e. The summed E-state index contributed by atoms with van der Waals surface area (Å²) in [4.78, 5) is 13.0. The highest BCUT2D eigenvalue weighted by Crippen LogP contribution is 2.26. The zero-order valence-corrected chi connectivity index (χ0v) is 15.7. The predicted octanol–water partition coefficient (Wildman–Crippen LogP) is 2.65. The highest BCUT2D eigenvalue weighted by Gasteiger charge is 2.25. The Hall–Kier alpha value is -3.22. The van der Waals surface area contributed by atoms with E-state index in [4.69, 9.17) is 4.74 Å². The minimum absolute atomic E-state index is 0.151. The van der Waals surface area contributed by atoms with Crippen LogP contribution < -0.4 is 10.1 Å². The molecule has 1 heterocycles. The lowest BCUT2D eigenvalue weighted by Gasteiger charge is -2.22. The van der Waals surface area contributed by atoms with Crippen LogP contribution in [-0.2, 0) is 11.2 Å². The summed E-state index contributed by atoms with van der Waals surface area (Å²) >= 11 is 0. The van der Waals surface area contributed by atoms with Gasteiger partial charge in [0.15, 0.2) is 0 Å². The Balaban J connectivity index is 1.81. The van der Waals surface area contributed by atoms with Gasteiger partial charge in [-0.05, 0) is 35.9 Å². The van der Waals surface area contributed by atoms with Crippen LogP contribution in [0.4, 0.5) is 0 Å². The molecule has 1 aromatic heterocycles. The van der Waals surface area contributed by atoms with Crippen LogP contribution in [0.3, 0.4) is 0 Å². The number of carbonyl (C=O) groups is 1. The van der Waals surface area contributed by atoms with Crippen molar-refractivity contribution < 1.29 is 9.53 Å².